The maximum atomic E-state index is 2.50. The third-order valence-corrected chi connectivity index (χ3v) is 4.98. The Balaban J connectivity index is 2.15. The highest BCUT2D eigenvalue weighted by Gasteiger charge is 2.48. The minimum Gasteiger partial charge on any atom is -0.0651 e. The molecule has 0 radical (unpaired) electrons. The van der Waals surface area contributed by atoms with Crippen LogP contribution in [0.4, 0.5) is 0 Å². The van der Waals surface area contributed by atoms with Crippen LogP contribution in [-0.4, -0.2) is 0 Å². The van der Waals surface area contributed by atoms with Gasteiger partial charge in [-0.25, -0.2) is 0 Å². The Bertz CT molecular complexity index is 379. The van der Waals surface area contributed by atoms with E-state index in [1.54, 1.807) is 11.1 Å². The summed E-state index contributed by atoms with van der Waals surface area (Å²) in [4.78, 5) is 0. The summed E-state index contributed by atoms with van der Waals surface area (Å²) in [6.07, 6.45) is 5.55. The lowest BCUT2D eigenvalue weighted by Crippen LogP contribution is -2.35. The first-order valence-electron chi connectivity index (χ1n) is 6.34. The summed E-state index contributed by atoms with van der Waals surface area (Å²) in [5.74, 6) is 1.90. The molecule has 0 heteroatoms. The first-order chi connectivity index (χ1) is 7.25. The van der Waals surface area contributed by atoms with E-state index in [1.807, 2.05) is 0 Å². The lowest BCUT2D eigenvalue weighted by atomic mass is 9.64. The monoisotopic (exact) mass is 200 g/mol. The van der Waals surface area contributed by atoms with E-state index in [0.717, 1.165) is 11.8 Å². The van der Waals surface area contributed by atoms with Crippen molar-refractivity contribution in [1.29, 1.82) is 0 Å². The Kier molecular flexibility index (Phi) is 1.95. The van der Waals surface area contributed by atoms with Gasteiger partial charge < -0.3 is 0 Å². The van der Waals surface area contributed by atoms with Crippen LogP contribution in [-0.2, 0) is 11.8 Å². The molecule has 0 saturated heterocycles. The maximum Gasteiger partial charge on any atom is -0.00415 e. The van der Waals surface area contributed by atoms with E-state index < -0.39 is 0 Å². The van der Waals surface area contributed by atoms with Crippen molar-refractivity contribution < 1.29 is 0 Å². The Morgan fingerprint density at radius 3 is 2.93 bits per heavy atom. The van der Waals surface area contributed by atoms with Crippen LogP contribution < -0.4 is 0 Å². The number of hydrogen-bond acceptors (Lipinski definition) is 0. The SMILES string of the molecule is CC[C@@H]1[C@H]2CC[C@]1(C)c1ccccc1C2. The zero-order valence-corrected chi connectivity index (χ0v) is 9.79. The molecule has 0 aromatic heterocycles. The summed E-state index contributed by atoms with van der Waals surface area (Å²) in [6.45, 7) is 4.87. The molecule has 0 heterocycles. The molecule has 2 bridgehead atoms. The first kappa shape index (κ1) is 9.45. The van der Waals surface area contributed by atoms with Gasteiger partial charge in [0.2, 0.25) is 0 Å². The van der Waals surface area contributed by atoms with Crippen LogP contribution in [0.5, 0.6) is 0 Å². The molecule has 15 heavy (non-hydrogen) atoms. The summed E-state index contributed by atoms with van der Waals surface area (Å²) in [7, 11) is 0. The molecular formula is C15H20. The highest BCUT2D eigenvalue weighted by molar-refractivity contribution is 5.39. The van der Waals surface area contributed by atoms with Crippen LogP contribution in [0.1, 0.15) is 44.2 Å². The highest BCUT2D eigenvalue weighted by atomic mass is 14.5. The molecule has 0 N–H and O–H groups in total. The van der Waals surface area contributed by atoms with Gasteiger partial charge in [0.1, 0.15) is 0 Å². The Morgan fingerprint density at radius 1 is 1.33 bits per heavy atom. The maximum absolute atomic E-state index is 2.50. The molecule has 80 valence electrons. The fraction of sp³-hybridized carbons (Fsp3) is 0.600. The predicted octanol–water partition coefficient (Wildman–Crippen LogP) is 3.94. The molecule has 0 nitrogen and oxygen atoms in total. The van der Waals surface area contributed by atoms with Gasteiger partial charge in [-0.1, -0.05) is 44.5 Å². The fourth-order valence-electron chi connectivity index (χ4n) is 4.29. The summed E-state index contributed by atoms with van der Waals surface area (Å²) in [6, 6.07) is 9.14. The second-order valence-electron chi connectivity index (χ2n) is 5.59. The smallest absolute Gasteiger partial charge is 0.00415 e. The third-order valence-electron chi connectivity index (χ3n) is 4.98. The van der Waals surface area contributed by atoms with Gasteiger partial charge in [0.05, 0.1) is 0 Å². The molecule has 1 fully saturated rings. The fourth-order valence-corrected chi connectivity index (χ4v) is 4.29. The zero-order valence-electron chi connectivity index (χ0n) is 9.79. The van der Waals surface area contributed by atoms with Gasteiger partial charge in [0, 0.05) is 0 Å². The third kappa shape index (κ3) is 1.14. The van der Waals surface area contributed by atoms with Crippen LogP contribution in [0.25, 0.3) is 0 Å². The molecule has 0 unspecified atom stereocenters. The van der Waals surface area contributed by atoms with Gasteiger partial charge >= 0.3 is 0 Å². The molecule has 1 saturated carbocycles. The van der Waals surface area contributed by atoms with Gasteiger partial charge in [-0.15, -0.1) is 0 Å². The Labute approximate surface area is 92.7 Å². The van der Waals surface area contributed by atoms with Crippen molar-refractivity contribution in [1.82, 2.24) is 0 Å². The molecule has 3 rings (SSSR count). The van der Waals surface area contributed by atoms with E-state index in [2.05, 4.69) is 38.1 Å². The Hall–Kier alpha value is -0.780. The summed E-state index contributed by atoms with van der Waals surface area (Å²) < 4.78 is 0. The number of fused-ring (bicyclic) bond motifs is 4. The molecule has 0 aliphatic heterocycles. The van der Waals surface area contributed by atoms with Crippen LogP contribution in [0.2, 0.25) is 0 Å². The largest absolute Gasteiger partial charge is 0.0651 e. The van der Waals surface area contributed by atoms with Gasteiger partial charge in [-0.2, -0.15) is 0 Å². The van der Waals surface area contributed by atoms with Crippen molar-refractivity contribution in [3.63, 3.8) is 0 Å². The predicted molar refractivity (Wildman–Crippen MR) is 64.0 cm³/mol. The second kappa shape index (κ2) is 3.10. The summed E-state index contributed by atoms with van der Waals surface area (Å²) >= 11 is 0. The second-order valence-corrected chi connectivity index (χ2v) is 5.59. The van der Waals surface area contributed by atoms with Gasteiger partial charge in [-0.05, 0) is 47.6 Å². The van der Waals surface area contributed by atoms with E-state index in [9.17, 15) is 0 Å². The van der Waals surface area contributed by atoms with Crippen molar-refractivity contribution in [2.45, 2.75) is 44.9 Å². The summed E-state index contributed by atoms with van der Waals surface area (Å²) in [5, 5.41) is 0. The molecule has 1 aromatic rings. The van der Waals surface area contributed by atoms with E-state index >= 15 is 0 Å². The molecule has 3 atom stereocenters. The molecular weight excluding hydrogens is 180 g/mol. The highest BCUT2D eigenvalue weighted by Crippen LogP contribution is 2.55. The average molecular weight is 200 g/mol. The standard InChI is InChI=1S/C15H20/c1-3-13-12-8-9-15(13,2)14-7-5-4-6-11(14)10-12/h4-7,12-13H,3,8-10H2,1-2H3/t12-,13+,15-/m0/s1. The van der Waals surface area contributed by atoms with Crippen molar-refractivity contribution in [2.75, 3.05) is 0 Å². The molecule has 0 amide bonds. The molecule has 1 aromatic carbocycles. The number of benzene rings is 1. The number of hydrogen-bond donors (Lipinski definition) is 0. The topological polar surface area (TPSA) is 0 Å². The van der Waals surface area contributed by atoms with Crippen LogP contribution in [0.3, 0.4) is 0 Å². The van der Waals surface area contributed by atoms with E-state index in [0.29, 0.717) is 5.41 Å². The van der Waals surface area contributed by atoms with E-state index in [-0.39, 0.29) is 0 Å². The normalized spacial score (nSPS) is 37.7. The lowest BCUT2D eigenvalue weighted by Gasteiger charge is -2.40. The van der Waals surface area contributed by atoms with Crippen LogP contribution in [0, 0.1) is 11.8 Å². The van der Waals surface area contributed by atoms with Gasteiger partial charge in [-0.3, -0.25) is 0 Å². The van der Waals surface area contributed by atoms with Gasteiger partial charge in [0.25, 0.3) is 0 Å². The lowest BCUT2D eigenvalue weighted by molar-refractivity contribution is 0.249. The van der Waals surface area contributed by atoms with Gasteiger partial charge in [0.15, 0.2) is 0 Å². The molecule has 0 spiro atoms. The van der Waals surface area contributed by atoms with Crippen molar-refractivity contribution in [3.8, 4) is 0 Å². The number of rotatable bonds is 1. The minimum atomic E-state index is 0.494. The molecule has 2 aliphatic rings. The van der Waals surface area contributed by atoms with Crippen molar-refractivity contribution in [2.24, 2.45) is 11.8 Å². The molecule has 2 aliphatic carbocycles. The first-order valence-corrected chi connectivity index (χ1v) is 6.34. The zero-order chi connectivity index (χ0) is 10.5. The van der Waals surface area contributed by atoms with Crippen LogP contribution in [0.15, 0.2) is 24.3 Å². The van der Waals surface area contributed by atoms with E-state index in [1.165, 1.54) is 25.7 Å². The van der Waals surface area contributed by atoms with Crippen molar-refractivity contribution in [3.05, 3.63) is 35.4 Å². The van der Waals surface area contributed by atoms with Crippen molar-refractivity contribution >= 4 is 0 Å². The summed E-state index contributed by atoms with van der Waals surface area (Å²) in [5.41, 5.74) is 3.78. The average Bonchev–Trinajstić information content (AvgIpc) is 2.49. The minimum absolute atomic E-state index is 0.494. The van der Waals surface area contributed by atoms with E-state index in [4.69, 9.17) is 0 Å². The quantitative estimate of drug-likeness (QED) is 0.644. The Morgan fingerprint density at radius 2 is 2.13 bits per heavy atom. The van der Waals surface area contributed by atoms with Crippen LogP contribution >= 0.6 is 0 Å².